The molecule has 0 atom stereocenters. The first-order valence-electron chi connectivity index (χ1n) is 6.04. The van der Waals surface area contributed by atoms with Crippen molar-refractivity contribution < 1.29 is 8.78 Å². The normalized spacial score (nSPS) is 10.5. The summed E-state index contributed by atoms with van der Waals surface area (Å²) >= 11 is 0. The Hall–Kier alpha value is -2.17. The standard InChI is InChI=1S/C14H15F2N3/c1-2-9-5-3-4-6-10(9)8-18-14-12(16)7-11(15)13(17)19-14/h3-7H,2,8H2,1H3,(H3,17,18,19). The molecule has 3 N–H and O–H groups in total. The van der Waals surface area contributed by atoms with Gasteiger partial charge in [0.15, 0.2) is 23.3 Å². The van der Waals surface area contributed by atoms with Crippen LogP contribution in [0.4, 0.5) is 20.4 Å². The highest BCUT2D eigenvalue weighted by Crippen LogP contribution is 2.18. The SMILES string of the molecule is CCc1ccccc1CNc1nc(N)c(F)cc1F. The predicted octanol–water partition coefficient (Wildman–Crippen LogP) is 3.12. The number of anilines is 2. The second-order valence-electron chi connectivity index (χ2n) is 4.16. The largest absolute Gasteiger partial charge is 0.381 e. The van der Waals surface area contributed by atoms with Crippen molar-refractivity contribution in [1.29, 1.82) is 0 Å². The first kappa shape index (κ1) is 13.3. The van der Waals surface area contributed by atoms with Gasteiger partial charge in [-0.2, -0.15) is 0 Å². The number of rotatable bonds is 4. The van der Waals surface area contributed by atoms with Gasteiger partial charge in [-0.25, -0.2) is 13.8 Å². The summed E-state index contributed by atoms with van der Waals surface area (Å²) in [5, 5.41) is 2.84. The fourth-order valence-electron chi connectivity index (χ4n) is 1.86. The Morgan fingerprint density at radius 2 is 1.84 bits per heavy atom. The van der Waals surface area contributed by atoms with Crippen LogP contribution in [0.3, 0.4) is 0 Å². The molecule has 5 heteroatoms. The molecule has 3 nitrogen and oxygen atoms in total. The highest BCUT2D eigenvalue weighted by atomic mass is 19.1. The molecule has 0 aliphatic heterocycles. The van der Waals surface area contributed by atoms with Crippen molar-refractivity contribution >= 4 is 11.6 Å². The van der Waals surface area contributed by atoms with Crippen LogP contribution in [0.2, 0.25) is 0 Å². The summed E-state index contributed by atoms with van der Waals surface area (Å²) in [6, 6.07) is 8.57. The molecule has 0 saturated heterocycles. The molecule has 0 fully saturated rings. The summed E-state index contributed by atoms with van der Waals surface area (Å²) in [7, 11) is 0. The van der Waals surface area contributed by atoms with Crippen LogP contribution in [-0.2, 0) is 13.0 Å². The maximum absolute atomic E-state index is 13.5. The third-order valence-electron chi connectivity index (χ3n) is 2.90. The van der Waals surface area contributed by atoms with Crippen LogP contribution in [-0.4, -0.2) is 4.98 Å². The Balaban J connectivity index is 2.17. The van der Waals surface area contributed by atoms with Crippen LogP contribution < -0.4 is 11.1 Å². The number of benzene rings is 1. The predicted molar refractivity (Wildman–Crippen MR) is 71.7 cm³/mol. The number of aryl methyl sites for hydroxylation is 1. The average molecular weight is 263 g/mol. The van der Waals surface area contributed by atoms with Crippen molar-refractivity contribution in [3.8, 4) is 0 Å². The molecule has 2 rings (SSSR count). The Bertz CT molecular complexity index is 585. The van der Waals surface area contributed by atoms with E-state index in [0.29, 0.717) is 6.54 Å². The van der Waals surface area contributed by atoms with E-state index in [2.05, 4.69) is 10.3 Å². The third kappa shape index (κ3) is 2.99. The van der Waals surface area contributed by atoms with Gasteiger partial charge < -0.3 is 11.1 Å². The summed E-state index contributed by atoms with van der Waals surface area (Å²) < 4.78 is 26.5. The molecule has 100 valence electrons. The number of nitrogens with zero attached hydrogens (tertiary/aromatic N) is 1. The quantitative estimate of drug-likeness (QED) is 0.891. The molecule has 0 aliphatic rings. The van der Waals surface area contributed by atoms with E-state index in [4.69, 9.17) is 5.73 Å². The zero-order chi connectivity index (χ0) is 13.8. The molecule has 0 spiro atoms. The fraction of sp³-hybridized carbons (Fsp3) is 0.214. The van der Waals surface area contributed by atoms with Crippen molar-refractivity contribution in [2.24, 2.45) is 0 Å². The number of pyridine rings is 1. The van der Waals surface area contributed by atoms with Gasteiger partial charge in [0.25, 0.3) is 0 Å². The maximum atomic E-state index is 13.5. The van der Waals surface area contributed by atoms with Gasteiger partial charge in [0.05, 0.1) is 0 Å². The van der Waals surface area contributed by atoms with Gasteiger partial charge in [-0.05, 0) is 17.5 Å². The second-order valence-corrected chi connectivity index (χ2v) is 4.16. The molecular weight excluding hydrogens is 248 g/mol. The summed E-state index contributed by atoms with van der Waals surface area (Å²) in [6.45, 7) is 2.46. The van der Waals surface area contributed by atoms with Gasteiger partial charge in [-0.15, -0.1) is 0 Å². The van der Waals surface area contributed by atoms with E-state index >= 15 is 0 Å². The van der Waals surface area contributed by atoms with Crippen LogP contribution in [0, 0.1) is 11.6 Å². The minimum absolute atomic E-state index is 0.0372. The first-order chi connectivity index (χ1) is 9.11. The Kier molecular flexibility index (Phi) is 3.94. The molecule has 0 radical (unpaired) electrons. The lowest BCUT2D eigenvalue weighted by atomic mass is 10.1. The number of nitrogens with one attached hydrogen (secondary N) is 1. The van der Waals surface area contributed by atoms with E-state index in [0.717, 1.165) is 18.1 Å². The summed E-state index contributed by atoms with van der Waals surface area (Å²) in [4.78, 5) is 3.66. The van der Waals surface area contributed by atoms with Gasteiger partial charge in [0.2, 0.25) is 0 Å². The highest BCUT2D eigenvalue weighted by Gasteiger charge is 2.09. The summed E-state index contributed by atoms with van der Waals surface area (Å²) in [6.07, 6.45) is 0.888. The van der Waals surface area contributed by atoms with Crippen LogP contribution in [0.1, 0.15) is 18.1 Å². The highest BCUT2D eigenvalue weighted by molar-refractivity contribution is 5.45. The number of hydrogen-bond donors (Lipinski definition) is 2. The summed E-state index contributed by atoms with van der Waals surface area (Å²) in [5.41, 5.74) is 7.54. The van der Waals surface area contributed by atoms with E-state index < -0.39 is 11.6 Å². The lowest BCUT2D eigenvalue weighted by molar-refractivity contribution is 0.579. The number of halogens is 2. The number of nitrogen functional groups attached to an aromatic ring is 1. The number of nitrogens with two attached hydrogens (primary N) is 1. The maximum Gasteiger partial charge on any atom is 0.168 e. The van der Waals surface area contributed by atoms with Crippen LogP contribution >= 0.6 is 0 Å². The van der Waals surface area contributed by atoms with Gasteiger partial charge in [0, 0.05) is 12.6 Å². The fourth-order valence-corrected chi connectivity index (χ4v) is 1.86. The van der Waals surface area contributed by atoms with E-state index in [9.17, 15) is 8.78 Å². The molecule has 0 saturated carbocycles. The van der Waals surface area contributed by atoms with Gasteiger partial charge in [-0.3, -0.25) is 0 Å². The van der Waals surface area contributed by atoms with E-state index in [1.807, 2.05) is 31.2 Å². The van der Waals surface area contributed by atoms with Crippen molar-refractivity contribution in [2.75, 3.05) is 11.1 Å². The van der Waals surface area contributed by atoms with Crippen molar-refractivity contribution in [1.82, 2.24) is 4.98 Å². The topological polar surface area (TPSA) is 50.9 Å². The van der Waals surface area contributed by atoms with Crippen LogP contribution in [0.5, 0.6) is 0 Å². The number of hydrogen-bond acceptors (Lipinski definition) is 3. The summed E-state index contributed by atoms with van der Waals surface area (Å²) in [5.74, 6) is -1.95. The molecule has 0 aliphatic carbocycles. The minimum atomic E-state index is -0.850. The smallest absolute Gasteiger partial charge is 0.168 e. The zero-order valence-electron chi connectivity index (χ0n) is 10.6. The van der Waals surface area contributed by atoms with Crippen molar-refractivity contribution in [2.45, 2.75) is 19.9 Å². The van der Waals surface area contributed by atoms with E-state index in [1.54, 1.807) is 0 Å². The Morgan fingerprint density at radius 3 is 2.53 bits per heavy atom. The molecule has 2 aromatic rings. The van der Waals surface area contributed by atoms with Gasteiger partial charge in [0.1, 0.15) is 0 Å². The first-order valence-corrected chi connectivity index (χ1v) is 6.04. The molecule has 0 bridgehead atoms. The Labute approximate surface area is 110 Å². The minimum Gasteiger partial charge on any atom is -0.381 e. The molecule has 1 aromatic carbocycles. The lowest BCUT2D eigenvalue weighted by Gasteiger charge is -2.11. The molecule has 1 heterocycles. The third-order valence-corrected chi connectivity index (χ3v) is 2.90. The van der Waals surface area contributed by atoms with E-state index in [-0.39, 0.29) is 11.6 Å². The monoisotopic (exact) mass is 263 g/mol. The van der Waals surface area contributed by atoms with Crippen molar-refractivity contribution in [3.63, 3.8) is 0 Å². The van der Waals surface area contributed by atoms with Crippen LogP contribution in [0.25, 0.3) is 0 Å². The molecule has 1 aromatic heterocycles. The molecule has 0 amide bonds. The lowest BCUT2D eigenvalue weighted by Crippen LogP contribution is -2.08. The van der Waals surface area contributed by atoms with Crippen molar-refractivity contribution in [3.05, 3.63) is 53.1 Å². The number of aromatic nitrogens is 1. The molecular formula is C14H15F2N3. The van der Waals surface area contributed by atoms with Gasteiger partial charge in [-0.1, -0.05) is 31.2 Å². The van der Waals surface area contributed by atoms with E-state index in [1.165, 1.54) is 5.56 Å². The second kappa shape index (κ2) is 5.65. The Morgan fingerprint density at radius 1 is 1.16 bits per heavy atom. The average Bonchev–Trinajstić information content (AvgIpc) is 2.41. The van der Waals surface area contributed by atoms with Crippen LogP contribution in [0.15, 0.2) is 30.3 Å². The molecule has 19 heavy (non-hydrogen) atoms. The zero-order valence-corrected chi connectivity index (χ0v) is 10.6. The van der Waals surface area contributed by atoms with Gasteiger partial charge >= 0.3 is 0 Å². The molecule has 0 unspecified atom stereocenters.